The second kappa shape index (κ2) is 18.1. The van der Waals surface area contributed by atoms with Crippen LogP contribution in [-0.4, -0.2) is 112 Å². The third kappa shape index (κ3) is 11.4. The van der Waals surface area contributed by atoms with Gasteiger partial charge in [-0.1, -0.05) is 18.5 Å². The Hall–Kier alpha value is -2.74. The number of sulfonamides is 1. The van der Waals surface area contributed by atoms with Gasteiger partial charge in [-0.3, -0.25) is 9.59 Å². The number of likely N-dealkylation sites (N-methyl/N-ethyl adjacent to an activating group) is 1. The number of hydrogen-bond acceptors (Lipinski definition) is 8. The second-order valence-electron chi connectivity index (χ2n) is 12.7. The van der Waals surface area contributed by atoms with E-state index < -0.39 is 22.2 Å². The average molecular weight is 695 g/mol. The van der Waals surface area contributed by atoms with Gasteiger partial charge in [-0.25, -0.2) is 8.42 Å². The zero-order valence-corrected chi connectivity index (χ0v) is 30.0. The van der Waals surface area contributed by atoms with Crippen LogP contribution < -0.4 is 10.1 Å². The van der Waals surface area contributed by atoms with Crippen LogP contribution in [0.15, 0.2) is 47.4 Å². The van der Waals surface area contributed by atoms with Gasteiger partial charge >= 0.3 is 0 Å². The number of aliphatic hydroxyl groups is 1. The van der Waals surface area contributed by atoms with E-state index in [1.807, 2.05) is 32.8 Å². The second-order valence-corrected chi connectivity index (χ2v) is 15.2. The van der Waals surface area contributed by atoms with Gasteiger partial charge in [-0.05, 0) is 103 Å². The molecule has 0 saturated carbocycles. The first-order chi connectivity index (χ1) is 22.2. The Morgan fingerprint density at radius 1 is 1.13 bits per heavy atom. The van der Waals surface area contributed by atoms with Crippen molar-refractivity contribution in [1.82, 2.24) is 14.1 Å². The Bertz CT molecular complexity index is 1420. The normalized spacial score (nSPS) is 20.8. The van der Waals surface area contributed by atoms with Crippen molar-refractivity contribution in [2.45, 2.75) is 76.0 Å². The zero-order valence-electron chi connectivity index (χ0n) is 28.4. The molecule has 1 aliphatic heterocycles. The maximum Gasteiger partial charge on any atom is 0.258 e. The van der Waals surface area contributed by atoms with Crippen LogP contribution in [0.1, 0.15) is 63.2 Å². The first kappa shape index (κ1) is 38.7. The average Bonchev–Trinajstić information content (AvgIpc) is 3.02. The molecule has 2 amide bonds. The molecular formula is C34H51ClN4O7S. The first-order valence-corrected chi connectivity index (χ1v) is 18.0. The number of rotatable bonds is 11. The molecule has 262 valence electrons. The van der Waals surface area contributed by atoms with Gasteiger partial charge in [0.2, 0.25) is 15.9 Å². The minimum absolute atomic E-state index is 0.0573. The highest BCUT2D eigenvalue weighted by Crippen LogP contribution is 2.29. The summed E-state index contributed by atoms with van der Waals surface area (Å²) in [4.78, 5) is 30.7. The van der Waals surface area contributed by atoms with Crippen molar-refractivity contribution < 1.29 is 32.6 Å². The Morgan fingerprint density at radius 3 is 2.49 bits per heavy atom. The van der Waals surface area contributed by atoms with Crippen molar-refractivity contribution in [2.24, 2.45) is 5.92 Å². The van der Waals surface area contributed by atoms with Crippen LogP contribution in [0.25, 0.3) is 0 Å². The lowest BCUT2D eigenvalue weighted by atomic mass is 10.0. The molecule has 0 fully saturated rings. The maximum atomic E-state index is 14.3. The first-order valence-electron chi connectivity index (χ1n) is 16.2. The number of benzene rings is 2. The molecule has 0 saturated heterocycles. The van der Waals surface area contributed by atoms with Gasteiger partial charge in [0.25, 0.3) is 5.91 Å². The highest BCUT2D eigenvalue weighted by Gasteiger charge is 2.32. The van der Waals surface area contributed by atoms with Gasteiger partial charge in [-0.2, -0.15) is 4.31 Å². The van der Waals surface area contributed by atoms with E-state index in [9.17, 15) is 23.1 Å². The number of aliphatic hydroxyl groups excluding tert-OH is 1. The lowest BCUT2D eigenvalue weighted by Crippen LogP contribution is -2.48. The van der Waals surface area contributed by atoms with E-state index in [1.54, 1.807) is 30.0 Å². The summed E-state index contributed by atoms with van der Waals surface area (Å²) in [7, 11) is 1.58. The van der Waals surface area contributed by atoms with E-state index in [1.165, 1.54) is 35.6 Å². The molecule has 0 aliphatic carbocycles. The van der Waals surface area contributed by atoms with Crippen molar-refractivity contribution in [3.8, 4) is 5.75 Å². The van der Waals surface area contributed by atoms with Crippen LogP contribution in [0.5, 0.6) is 5.75 Å². The summed E-state index contributed by atoms with van der Waals surface area (Å²) in [5, 5.41) is 13.5. The van der Waals surface area contributed by atoms with Crippen LogP contribution >= 0.6 is 11.6 Å². The molecule has 4 atom stereocenters. The number of hydrogen-bond donors (Lipinski definition) is 2. The van der Waals surface area contributed by atoms with Gasteiger partial charge in [-0.15, -0.1) is 0 Å². The number of nitrogens with zero attached hydrogens (tertiary/aromatic N) is 3. The molecular weight excluding hydrogens is 644 g/mol. The molecule has 1 aliphatic rings. The molecule has 0 spiro atoms. The summed E-state index contributed by atoms with van der Waals surface area (Å²) < 4.78 is 40.7. The number of fused-ring (bicyclic) bond motifs is 1. The standard InChI is InChI=1S/C34H51ClN4O7S/c1-24-21-39(25(2)23-40)34(42)30-20-28(36-33(41)11-9-18-37(4)5)14-17-31(30)46-26(3)10-7-8-19-45-32(24)22-38(6)47(43,44)29-15-12-27(35)13-16-29/h12-17,20,24-26,32,40H,7-11,18-19,21-23H2,1-6H3,(H,36,41)/t24-,25-,26-,32+/m1/s1. The summed E-state index contributed by atoms with van der Waals surface area (Å²) >= 11 is 5.98. The van der Waals surface area contributed by atoms with Crippen LogP contribution in [-0.2, 0) is 19.6 Å². The summed E-state index contributed by atoms with van der Waals surface area (Å²) in [6.45, 7) is 6.74. The molecule has 0 aromatic heterocycles. The molecule has 2 aromatic carbocycles. The van der Waals surface area contributed by atoms with E-state index in [0.717, 1.165) is 19.4 Å². The lowest BCUT2D eigenvalue weighted by Gasteiger charge is -2.35. The number of halogens is 1. The highest BCUT2D eigenvalue weighted by molar-refractivity contribution is 7.89. The van der Waals surface area contributed by atoms with Crippen molar-refractivity contribution >= 4 is 39.1 Å². The summed E-state index contributed by atoms with van der Waals surface area (Å²) in [5.74, 6) is -0.445. The number of ether oxygens (including phenoxy) is 2. The third-order valence-electron chi connectivity index (χ3n) is 8.30. The van der Waals surface area contributed by atoms with E-state index in [4.69, 9.17) is 21.1 Å². The van der Waals surface area contributed by atoms with Crippen molar-refractivity contribution in [3.05, 3.63) is 53.1 Å². The molecule has 0 unspecified atom stereocenters. The quantitative estimate of drug-likeness (QED) is 0.346. The molecule has 0 radical (unpaired) electrons. The number of nitrogens with one attached hydrogen (secondary N) is 1. The predicted octanol–water partition coefficient (Wildman–Crippen LogP) is 4.74. The van der Waals surface area contributed by atoms with E-state index in [2.05, 4.69) is 5.32 Å². The molecule has 11 nitrogen and oxygen atoms in total. The Labute approximate surface area is 285 Å². The fourth-order valence-electron chi connectivity index (χ4n) is 5.38. The SMILES string of the molecule is C[C@@H]1CCCCO[C@@H](CN(C)S(=O)(=O)c2ccc(Cl)cc2)[C@H](C)CN([C@H](C)CO)C(=O)c2cc(NC(=O)CCCN(C)C)ccc2O1. The molecule has 2 aromatic rings. The number of carbonyl (C=O) groups is 2. The largest absolute Gasteiger partial charge is 0.490 e. The topological polar surface area (TPSA) is 129 Å². The fourth-order valence-corrected chi connectivity index (χ4v) is 6.69. The van der Waals surface area contributed by atoms with Crippen molar-refractivity contribution in [1.29, 1.82) is 0 Å². The Morgan fingerprint density at radius 2 is 1.83 bits per heavy atom. The van der Waals surface area contributed by atoms with Gasteiger partial charge < -0.3 is 29.7 Å². The van der Waals surface area contributed by atoms with Gasteiger partial charge in [0.05, 0.1) is 35.3 Å². The lowest BCUT2D eigenvalue weighted by molar-refractivity contribution is -0.116. The molecule has 3 rings (SSSR count). The number of carbonyl (C=O) groups excluding carboxylic acids is 2. The minimum Gasteiger partial charge on any atom is -0.490 e. The van der Waals surface area contributed by atoms with Crippen LogP contribution in [0.3, 0.4) is 0 Å². The summed E-state index contributed by atoms with van der Waals surface area (Å²) in [6, 6.07) is 10.5. The maximum absolute atomic E-state index is 14.3. The summed E-state index contributed by atoms with van der Waals surface area (Å²) in [5.41, 5.74) is 0.747. The van der Waals surface area contributed by atoms with Gasteiger partial charge in [0.1, 0.15) is 5.75 Å². The van der Waals surface area contributed by atoms with Gasteiger partial charge in [0, 0.05) is 49.8 Å². The molecule has 2 N–H and O–H groups in total. The smallest absolute Gasteiger partial charge is 0.258 e. The molecule has 47 heavy (non-hydrogen) atoms. The monoisotopic (exact) mass is 694 g/mol. The van der Waals surface area contributed by atoms with E-state index in [-0.39, 0.29) is 54.0 Å². The molecule has 0 bridgehead atoms. The van der Waals surface area contributed by atoms with Gasteiger partial charge in [0.15, 0.2) is 0 Å². The van der Waals surface area contributed by atoms with E-state index >= 15 is 0 Å². The van der Waals surface area contributed by atoms with Crippen LogP contribution in [0.2, 0.25) is 5.02 Å². The molecule has 1 heterocycles. The van der Waals surface area contributed by atoms with Crippen LogP contribution in [0, 0.1) is 5.92 Å². The zero-order chi connectivity index (χ0) is 34.7. The Balaban J connectivity index is 1.92. The minimum atomic E-state index is -3.84. The highest BCUT2D eigenvalue weighted by atomic mass is 35.5. The van der Waals surface area contributed by atoms with Crippen LogP contribution in [0.4, 0.5) is 5.69 Å². The summed E-state index contributed by atoms with van der Waals surface area (Å²) in [6.07, 6.45) is 2.54. The van der Waals surface area contributed by atoms with Crippen molar-refractivity contribution in [3.63, 3.8) is 0 Å². The molecule has 13 heteroatoms. The number of anilines is 1. The number of amides is 2. The third-order valence-corrected chi connectivity index (χ3v) is 10.4. The Kier molecular flexibility index (Phi) is 14.9. The van der Waals surface area contributed by atoms with E-state index in [0.29, 0.717) is 42.3 Å². The fraction of sp³-hybridized carbons (Fsp3) is 0.588. The van der Waals surface area contributed by atoms with Crippen molar-refractivity contribution in [2.75, 3.05) is 59.3 Å². The predicted molar refractivity (Wildman–Crippen MR) is 185 cm³/mol.